The third-order valence-electron chi connectivity index (χ3n) is 2.55. The van der Waals surface area contributed by atoms with Crippen molar-refractivity contribution in [2.75, 3.05) is 0 Å². The van der Waals surface area contributed by atoms with Gasteiger partial charge in [0, 0.05) is 11.1 Å². The zero-order chi connectivity index (χ0) is 9.54. The average Bonchev–Trinajstić information content (AvgIpc) is 2.59. The number of benzene rings is 2. The number of fused-ring (bicyclic) bond motifs is 3. The van der Waals surface area contributed by atoms with Gasteiger partial charge in [0.05, 0.1) is 11.0 Å². The molecule has 2 aromatic carbocycles. The quantitative estimate of drug-likeness (QED) is 0.500. The first-order valence-electron chi connectivity index (χ1n) is 4.62. The average molecular weight is 179 g/mol. The van der Waals surface area contributed by atoms with E-state index in [1.54, 1.807) is 0 Å². The molecule has 0 aliphatic carbocycles. The first-order valence-corrected chi connectivity index (χ1v) is 4.62. The Morgan fingerprint density at radius 2 is 1.64 bits per heavy atom. The third-order valence-corrected chi connectivity index (χ3v) is 2.55. The van der Waals surface area contributed by atoms with E-state index in [0.717, 1.165) is 16.3 Å². The number of hydrogen-bond acceptors (Lipinski definition) is 1. The van der Waals surface area contributed by atoms with Crippen LogP contribution >= 0.6 is 0 Å². The van der Waals surface area contributed by atoms with Crippen molar-refractivity contribution >= 4 is 12.3 Å². The van der Waals surface area contributed by atoms with Gasteiger partial charge in [0.2, 0.25) is 0 Å². The van der Waals surface area contributed by atoms with Crippen LogP contribution in [-0.4, -0.2) is 0 Å². The van der Waals surface area contributed by atoms with Crippen LogP contribution in [-0.2, 0) is 0 Å². The molecule has 1 nitrogen and oxygen atoms in total. The topological polar surface area (TPSA) is 12.4 Å². The van der Waals surface area contributed by atoms with E-state index in [-0.39, 0.29) is 0 Å². The Morgan fingerprint density at radius 3 is 2.57 bits per heavy atom. The Balaban J connectivity index is 2.51. The highest BCUT2D eigenvalue weighted by atomic mass is 14.8. The second kappa shape index (κ2) is 2.55. The maximum atomic E-state index is 4.55. The lowest BCUT2D eigenvalue weighted by molar-refractivity contribution is 1.38. The van der Waals surface area contributed by atoms with E-state index >= 15 is 0 Å². The summed E-state index contributed by atoms with van der Waals surface area (Å²) >= 11 is 0. The molecule has 0 radical (unpaired) electrons. The molecule has 3 rings (SSSR count). The Bertz CT molecular complexity index is 611. The number of para-hydroxylation sites is 2. The molecule has 0 bridgehead atoms. The zero-order valence-electron chi connectivity index (χ0n) is 7.70. The van der Waals surface area contributed by atoms with Gasteiger partial charge in [-0.3, -0.25) is 0 Å². The summed E-state index contributed by atoms with van der Waals surface area (Å²) < 4.78 is 0. The second-order valence-corrected chi connectivity index (χ2v) is 3.44. The van der Waals surface area contributed by atoms with Gasteiger partial charge in [0.25, 0.3) is 0 Å². The predicted octanol–water partition coefficient (Wildman–Crippen LogP) is 2.03. The smallest absolute Gasteiger partial charge is 0.0782 e. The van der Waals surface area contributed by atoms with Crippen molar-refractivity contribution in [3.05, 3.63) is 53.0 Å². The maximum absolute atomic E-state index is 4.55. The summed E-state index contributed by atoms with van der Waals surface area (Å²) in [5.74, 6) is 0. The Kier molecular flexibility index (Phi) is 1.37. The van der Waals surface area contributed by atoms with Crippen LogP contribution in [0.4, 0.5) is 5.69 Å². The summed E-state index contributed by atoms with van der Waals surface area (Å²) in [7, 11) is 0. The second-order valence-electron chi connectivity index (χ2n) is 3.44. The molecule has 2 aromatic rings. The highest BCUT2D eigenvalue weighted by Gasteiger charge is 2.11. The van der Waals surface area contributed by atoms with Gasteiger partial charge in [-0.05, 0) is 11.3 Å². The van der Waals surface area contributed by atoms with Crippen molar-refractivity contribution in [1.82, 2.24) is 0 Å². The summed E-state index contributed by atoms with van der Waals surface area (Å²) in [6.45, 7) is 3.98. The lowest BCUT2D eigenvalue weighted by Crippen LogP contribution is -2.22. The Labute approximate surface area is 82.1 Å². The molecule has 0 atom stereocenters. The lowest BCUT2D eigenvalue weighted by Gasteiger charge is -1.96. The number of rotatable bonds is 0. The van der Waals surface area contributed by atoms with Gasteiger partial charge in [-0.2, -0.15) is 0 Å². The standard InChI is InChI=1S/C13H9N/c1-9-5-4-7-11-10-6-2-3-8-12(10)14-13(9)11/h2-8H,1H2. The molecule has 0 spiro atoms. The van der Waals surface area contributed by atoms with Crippen molar-refractivity contribution in [1.29, 1.82) is 0 Å². The van der Waals surface area contributed by atoms with Crippen molar-refractivity contribution < 1.29 is 0 Å². The van der Waals surface area contributed by atoms with E-state index in [4.69, 9.17) is 0 Å². The van der Waals surface area contributed by atoms with Gasteiger partial charge in [-0.15, -0.1) is 0 Å². The molecule has 0 saturated heterocycles. The Morgan fingerprint density at radius 1 is 0.857 bits per heavy atom. The van der Waals surface area contributed by atoms with Crippen LogP contribution in [0.1, 0.15) is 0 Å². The predicted molar refractivity (Wildman–Crippen MR) is 57.8 cm³/mol. The highest BCUT2D eigenvalue weighted by molar-refractivity contribution is 5.78. The van der Waals surface area contributed by atoms with E-state index in [1.165, 1.54) is 11.1 Å². The molecule has 14 heavy (non-hydrogen) atoms. The minimum absolute atomic E-state index is 0.999. The first-order chi connectivity index (χ1) is 6.86. The summed E-state index contributed by atoms with van der Waals surface area (Å²) in [5, 5.41) is 2.02. The monoisotopic (exact) mass is 179 g/mol. The summed E-state index contributed by atoms with van der Waals surface area (Å²) in [6, 6.07) is 14.3. The molecule has 0 amide bonds. The molecule has 0 aromatic heterocycles. The molecular weight excluding hydrogens is 170 g/mol. The SMILES string of the molecule is C=c1cccc2c1=Nc1ccccc1-2. The van der Waals surface area contributed by atoms with E-state index in [1.807, 2.05) is 30.3 Å². The Hall–Kier alpha value is -1.89. The maximum Gasteiger partial charge on any atom is 0.0782 e. The summed E-state index contributed by atoms with van der Waals surface area (Å²) in [6.07, 6.45) is 0. The minimum Gasteiger partial charge on any atom is -0.247 e. The van der Waals surface area contributed by atoms with Crippen LogP contribution in [0, 0.1) is 0 Å². The van der Waals surface area contributed by atoms with Gasteiger partial charge >= 0.3 is 0 Å². The van der Waals surface area contributed by atoms with Crippen LogP contribution < -0.4 is 10.6 Å². The molecule has 1 heterocycles. The van der Waals surface area contributed by atoms with E-state index < -0.39 is 0 Å². The molecule has 0 saturated carbocycles. The van der Waals surface area contributed by atoms with Gasteiger partial charge in [0.1, 0.15) is 0 Å². The fourth-order valence-electron chi connectivity index (χ4n) is 1.86. The van der Waals surface area contributed by atoms with Crippen LogP contribution in [0.25, 0.3) is 17.7 Å². The highest BCUT2D eigenvalue weighted by Crippen LogP contribution is 2.30. The summed E-state index contributed by atoms with van der Waals surface area (Å²) in [4.78, 5) is 4.55. The van der Waals surface area contributed by atoms with E-state index in [2.05, 4.69) is 23.7 Å². The van der Waals surface area contributed by atoms with Crippen molar-refractivity contribution in [2.45, 2.75) is 0 Å². The van der Waals surface area contributed by atoms with Gasteiger partial charge in [0.15, 0.2) is 0 Å². The zero-order valence-corrected chi connectivity index (χ0v) is 7.70. The van der Waals surface area contributed by atoms with Crippen LogP contribution in [0.15, 0.2) is 47.5 Å². The van der Waals surface area contributed by atoms with Crippen LogP contribution in [0.2, 0.25) is 0 Å². The molecule has 0 N–H and O–H groups in total. The third kappa shape index (κ3) is 0.867. The molecule has 1 aliphatic rings. The number of nitrogens with zero attached hydrogens (tertiary/aromatic N) is 1. The van der Waals surface area contributed by atoms with E-state index in [0.29, 0.717) is 0 Å². The largest absolute Gasteiger partial charge is 0.247 e. The van der Waals surface area contributed by atoms with Crippen molar-refractivity contribution in [2.24, 2.45) is 4.99 Å². The van der Waals surface area contributed by atoms with Gasteiger partial charge in [-0.1, -0.05) is 43.0 Å². The van der Waals surface area contributed by atoms with E-state index in [9.17, 15) is 0 Å². The fourth-order valence-corrected chi connectivity index (χ4v) is 1.86. The summed E-state index contributed by atoms with van der Waals surface area (Å²) in [5.41, 5.74) is 3.47. The molecule has 1 heteroatoms. The normalized spacial score (nSPS) is 11.7. The number of hydrogen-bond donors (Lipinski definition) is 0. The van der Waals surface area contributed by atoms with Crippen LogP contribution in [0.5, 0.6) is 0 Å². The van der Waals surface area contributed by atoms with Crippen molar-refractivity contribution in [3.63, 3.8) is 0 Å². The van der Waals surface area contributed by atoms with Gasteiger partial charge < -0.3 is 0 Å². The molecule has 0 fully saturated rings. The minimum atomic E-state index is 0.999. The molecule has 66 valence electrons. The molecular formula is C13H9N. The molecule has 0 unspecified atom stereocenters. The van der Waals surface area contributed by atoms with Gasteiger partial charge in [-0.25, -0.2) is 4.99 Å². The lowest BCUT2D eigenvalue weighted by atomic mass is 10.1. The van der Waals surface area contributed by atoms with Crippen molar-refractivity contribution in [3.8, 4) is 11.1 Å². The molecule has 1 aliphatic heterocycles. The fraction of sp³-hybridized carbons (Fsp3) is 0. The van der Waals surface area contributed by atoms with Crippen LogP contribution in [0.3, 0.4) is 0 Å². The first kappa shape index (κ1) is 7.51.